The lowest BCUT2D eigenvalue weighted by molar-refractivity contribution is -0.144. The van der Waals surface area contributed by atoms with Crippen LogP contribution in [-0.4, -0.2) is 42.9 Å². The molecule has 2 aromatic rings. The third-order valence-corrected chi connectivity index (χ3v) is 5.87. The molecule has 1 saturated heterocycles. The summed E-state index contributed by atoms with van der Waals surface area (Å²) in [6.45, 7) is 0. The number of hydrogen-bond acceptors (Lipinski definition) is 5. The second kappa shape index (κ2) is 8.54. The molecule has 1 aliphatic rings. The van der Waals surface area contributed by atoms with Crippen molar-refractivity contribution < 1.29 is 19.1 Å². The van der Waals surface area contributed by atoms with Gasteiger partial charge in [-0.05, 0) is 30.3 Å². The van der Waals surface area contributed by atoms with Gasteiger partial charge in [0.2, 0.25) is 0 Å². The number of esters is 1. The van der Waals surface area contributed by atoms with Crippen molar-refractivity contribution in [2.24, 2.45) is 0 Å². The molecule has 0 aliphatic carbocycles. The summed E-state index contributed by atoms with van der Waals surface area (Å²) >= 11 is 7.80. The van der Waals surface area contributed by atoms with Crippen LogP contribution in [0.1, 0.15) is 10.9 Å². The van der Waals surface area contributed by atoms with E-state index in [0.717, 1.165) is 5.56 Å². The molecule has 0 bridgehead atoms. The summed E-state index contributed by atoms with van der Waals surface area (Å²) in [5.41, 5.74) is 1.37. The standard InChI is InChI=1S/C19H19ClN2O4S/c1-25-13-9-7-12(8-10-13)21-19(24)22-16(18(23)26-2)11-27-17(22)14-5-3-4-6-15(14)20/h3-10,16-17H,11H2,1-2H3,(H,21,24). The van der Waals surface area contributed by atoms with Gasteiger partial charge in [0.25, 0.3) is 0 Å². The zero-order valence-electron chi connectivity index (χ0n) is 14.8. The van der Waals surface area contributed by atoms with Crippen molar-refractivity contribution in [1.82, 2.24) is 4.90 Å². The van der Waals surface area contributed by atoms with E-state index < -0.39 is 18.0 Å². The molecule has 0 saturated carbocycles. The first kappa shape index (κ1) is 19.4. The lowest BCUT2D eigenvalue weighted by atomic mass is 10.2. The van der Waals surface area contributed by atoms with Crippen LogP contribution in [0.5, 0.6) is 5.75 Å². The fourth-order valence-corrected chi connectivity index (χ4v) is 4.60. The minimum Gasteiger partial charge on any atom is -0.497 e. The molecule has 8 heteroatoms. The molecule has 142 valence electrons. The van der Waals surface area contributed by atoms with Crippen molar-refractivity contribution in [3.63, 3.8) is 0 Å². The largest absolute Gasteiger partial charge is 0.497 e. The molecule has 2 atom stereocenters. The number of anilines is 1. The summed E-state index contributed by atoms with van der Waals surface area (Å²) in [5.74, 6) is 0.659. The third kappa shape index (κ3) is 4.14. The number of halogens is 1. The summed E-state index contributed by atoms with van der Waals surface area (Å²) in [6, 6.07) is 13.2. The summed E-state index contributed by atoms with van der Waals surface area (Å²) < 4.78 is 10.0. The van der Waals surface area contributed by atoms with Gasteiger partial charge in [-0.3, -0.25) is 4.90 Å². The Balaban J connectivity index is 1.88. The highest BCUT2D eigenvalue weighted by molar-refractivity contribution is 7.99. The number of ether oxygens (including phenoxy) is 2. The molecular formula is C19H19ClN2O4S. The first-order valence-electron chi connectivity index (χ1n) is 8.22. The average molecular weight is 407 g/mol. The fourth-order valence-electron chi connectivity index (χ4n) is 2.85. The number of carbonyl (C=O) groups excluding carboxylic acids is 2. The van der Waals surface area contributed by atoms with Crippen LogP contribution in [-0.2, 0) is 9.53 Å². The first-order valence-corrected chi connectivity index (χ1v) is 9.65. The SMILES string of the molecule is COC(=O)C1CSC(c2ccccc2Cl)N1C(=O)Nc1ccc(OC)cc1. The lowest BCUT2D eigenvalue weighted by Gasteiger charge is -2.28. The Labute approximate surface area is 166 Å². The number of rotatable bonds is 4. The van der Waals surface area contributed by atoms with Gasteiger partial charge in [0.05, 0.1) is 14.2 Å². The Bertz CT molecular complexity index is 831. The molecular weight excluding hydrogens is 388 g/mol. The molecule has 2 unspecified atom stereocenters. The summed E-state index contributed by atoms with van der Waals surface area (Å²) in [6.07, 6.45) is 0. The van der Waals surface area contributed by atoms with E-state index in [0.29, 0.717) is 22.2 Å². The molecule has 6 nitrogen and oxygen atoms in total. The van der Waals surface area contributed by atoms with Crippen molar-refractivity contribution in [1.29, 1.82) is 0 Å². The van der Waals surface area contributed by atoms with E-state index in [2.05, 4.69) is 5.32 Å². The van der Waals surface area contributed by atoms with Crippen LogP contribution in [0, 0.1) is 0 Å². The van der Waals surface area contributed by atoms with Crippen molar-refractivity contribution in [2.45, 2.75) is 11.4 Å². The maximum atomic E-state index is 13.0. The Hall–Kier alpha value is -2.38. The molecule has 2 aromatic carbocycles. The highest BCUT2D eigenvalue weighted by Crippen LogP contribution is 2.44. The highest BCUT2D eigenvalue weighted by atomic mass is 35.5. The molecule has 1 heterocycles. The van der Waals surface area contributed by atoms with Crippen molar-refractivity contribution >= 4 is 41.1 Å². The van der Waals surface area contributed by atoms with E-state index in [1.54, 1.807) is 37.4 Å². The predicted molar refractivity (Wildman–Crippen MR) is 106 cm³/mol. The molecule has 3 rings (SSSR count). The van der Waals surface area contributed by atoms with Gasteiger partial charge in [-0.15, -0.1) is 11.8 Å². The molecule has 1 N–H and O–H groups in total. The second-order valence-electron chi connectivity index (χ2n) is 5.81. The van der Waals surface area contributed by atoms with Crippen molar-refractivity contribution in [3.05, 3.63) is 59.1 Å². The van der Waals surface area contributed by atoms with Crippen LogP contribution in [0.4, 0.5) is 10.5 Å². The van der Waals surface area contributed by atoms with Gasteiger partial charge in [0.1, 0.15) is 17.2 Å². The quantitative estimate of drug-likeness (QED) is 0.772. The summed E-state index contributed by atoms with van der Waals surface area (Å²) in [4.78, 5) is 26.7. The van der Waals surface area contributed by atoms with E-state index in [4.69, 9.17) is 21.1 Å². The summed E-state index contributed by atoms with van der Waals surface area (Å²) in [7, 11) is 2.89. The van der Waals surface area contributed by atoms with Gasteiger partial charge in [-0.2, -0.15) is 0 Å². The van der Waals surface area contributed by atoms with E-state index in [1.807, 2.05) is 18.2 Å². The smallest absolute Gasteiger partial charge is 0.329 e. The van der Waals surface area contributed by atoms with Crippen LogP contribution in [0.2, 0.25) is 5.02 Å². The third-order valence-electron chi connectivity index (χ3n) is 4.22. The zero-order chi connectivity index (χ0) is 19.4. The van der Waals surface area contributed by atoms with E-state index >= 15 is 0 Å². The van der Waals surface area contributed by atoms with Crippen molar-refractivity contribution in [3.8, 4) is 5.75 Å². The average Bonchev–Trinajstić information content (AvgIpc) is 3.13. The monoisotopic (exact) mass is 406 g/mol. The number of thioether (sulfide) groups is 1. The van der Waals surface area contributed by atoms with Crippen LogP contribution >= 0.6 is 23.4 Å². The summed E-state index contributed by atoms with van der Waals surface area (Å²) in [5, 5.41) is 2.99. The molecule has 27 heavy (non-hydrogen) atoms. The van der Waals surface area contributed by atoms with Gasteiger partial charge in [-0.1, -0.05) is 29.8 Å². The molecule has 1 fully saturated rings. The number of methoxy groups -OCH3 is 2. The fraction of sp³-hybridized carbons (Fsp3) is 0.263. The molecule has 0 radical (unpaired) electrons. The molecule has 1 aliphatic heterocycles. The van der Waals surface area contributed by atoms with Crippen LogP contribution in [0.3, 0.4) is 0 Å². The minimum absolute atomic E-state index is 0.388. The number of hydrogen-bond donors (Lipinski definition) is 1. The Morgan fingerprint density at radius 1 is 1.15 bits per heavy atom. The predicted octanol–water partition coefficient (Wildman–Crippen LogP) is 4.17. The Morgan fingerprint density at radius 3 is 2.48 bits per heavy atom. The topological polar surface area (TPSA) is 67.9 Å². The van der Waals surface area contributed by atoms with Crippen LogP contribution in [0.25, 0.3) is 0 Å². The molecule has 2 amide bonds. The van der Waals surface area contributed by atoms with E-state index in [-0.39, 0.29) is 5.37 Å². The van der Waals surface area contributed by atoms with Crippen molar-refractivity contribution in [2.75, 3.05) is 25.3 Å². The maximum Gasteiger partial charge on any atom is 0.329 e. The number of carbonyl (C=O) groups is 2. The first-order chi connectivity index (χ1) is 13.0. The van der Waals surface area contributed by atoms with Gasteiger partial charge in [0.15, 0.2) is 0 Å². The van der Waals surface area contributed by atoms with E-state index in [1.165, 1.54) is 23.8 Å². The number of amides is 2. The van der Waals surface area contributed by atoms with Gasteiger partial charge < -0.3 is 14.8 Å². The highest BCUT2D eigenvalue weighted by Gasteiger charge is 2.43. The van der Waals surface area contributed by atoms with Crippen LogP contribution in [0.15, 0.2) is 48.5 Å². The van der Waals surface area contributed by atoms with Crippen LogP contribution < -0.4 is 10.1 Å². The van der Waals surface area contributed by atoms with Gasteiger partial charge >= 0.3 is 12.0 Å². The molecule has 0 aromatic heterocycles. The number of urea groups is 1. The Morgan fingerprint density at radius 2 is 1.85 bits per heavy atom. The normalized spacial score (nSPS) is 18.9. The second-order valence-corrected chi connectivity index (χ2v) is 7.33. The number of nitrogens with one attached hydrogen (secondary N) is 1. The maximum absolute atomic E-state index is 13.0. The van der Waals surface area contributed by atoms with E-state index in [9.17, 15) is 9.59 Å². The zero-order valence-corrected chi connectivity index (χ0v) is 16.4. The minimum atomic E-state index is -0.695. The van der Waals surface area contributed by atoms with Gasteiger partial charge in [0, 0.05) is 22.0 Å². The number of nitrogens with zero attached hydrogens (tertiary/aromatic N) is 1. The van der Waals surface area contributed by atoms with Gasteiger partial charge in [-0.25, -0.2) is 9.59 Å². The molecule has 0 spiro atoms. The lowest BCUT2D eigenvalue weighted by Crippen LogP contribution is -2.45. The Kier molecular flexibility index (Phi) is 6.13. The number of benzene rings is 2.